The van der Waals surface area contributed by atoms with Crippen LogP contribution >= 0.6 is 23.2 Å². The molecule has 0 saturated heterocycles. The summed E-state index contributed by atoms with van der Waals surface area (Å²) >= 11 is 12.3. The van der Waals surface area contributed by atoms with Crippen molar-refractivity contribution in [1.29, 1.82) is 0 Å². The van der Waals surface area contributed by atoms with Crippen LogP contribution in [0.2, 0.25) is 10.0 Å². The van der Waals surface area contributed by atoms with Crippen LogP contribution in [-0.2, 0) is 12.8 Å². The minimum atomic E-state index is 0.819. The number of rotatable bonds is 0. The van der Waals surface area contributed by atoms with Crippen LogP contribution in [0.4, 0.5) is 0 Å². The Labute approximate surface area is 233 Å². The maximum atomic E-state index is 6.16. The topological polar surface area (TPSA) is 0 Å². The fourth-order valence-electron chi connectivity index (χ4n) is 6.52. The van der Waals surface area contributed by atoms with Crippen LogP contribution < -0.4 is 0 Å². The van der Waals surface area contributed by atoms with Crippen molar-refractivity contribution in [3.05, 3.63) is 140 Å². The maximum Gasteiger partial charge on any atom is 0.0412 e. The maximum absolute atomic E-state index is 6.16. The number of aryl methyl sites for hydroxylation is 2. The first-order chi connectivity index (χ1) is 18.5. The summed E-state index contributed by atoms with van der Waals surface area (Å²) in [6.45, 7) is 4.39. The Hall–Kier alpha value is -3.58. The highest BCUT2D eigenvalue weighted by molar-refractivity contribution is 6.31. The number of hydrogen-bond acceptors (Lipinski definition) is 0. The van der Waals surface area contributed by atoms with Gasteiger partial charge in [-0.15, -0.1) is 0 Å². The van der Waals surface area contributed by atoms with Crippen LogP contribution in [0.1, 0.15) is 33.4 Å². The summed E-state index contributed by atoms with van der Waals surface area (Å²) in [7, 11) is 0. The second-order valence-corrected chi connectivity index (χ2v) is 11.4. The Balaban J connectivity index is 0.000000127. The molecule has 0 nitrogen and oxygen atoms in total. The Morgan fingerprint density at radius 3 is 1.37 bits per heavy atom. The second kappa shape index (κ2) is 9.02. The molecule has 0 spiro atoms. The molecule has 0 bridgehead atoms. The van der Waals surface area contributed by atoms with Crippen LogP contribution in [0.5, 0.6) is 0 Å². The summed E-state index contributed by atoms with van der Waals surface area (Å²) in [5.74, 6) is 0. The molecule has 0 unspecified atom stereocenters. The van der Waals surface area contributed by atoms with E-state index >= 15 is 0 Å². The number of hydrogen-bond donors (Lipinski definition) is 0. The van der Waals surface area contributed by atoms with Crippen molar-refractivity contribution in [2.45, 2.75) is 26.7 Å². The average Bonchev–Trinajstić information content (AvgIpc) is 3.49. The van der Waals surface area contributed by atoms with E-state index in [9.17, 15) is 0 Å². The average molecular weight is 530 g/mol. The summed E-state index contributed by atoms with van der Waals surface area (Å²) in [6, 6.07) is 34.3. The smallest absolute Gasteiger partial charge is 0.0412 e. The van der Waals surface area contributed by atoms with Crippen LogP contribution in [0.15, 0.2) is 97.1 Å². The molecule has 0 amide bonds. The molecule has 8 rings (SSSR count). The molecule has 0 fully saturated rings. The van der Waals surface area contributed by atoms with Gasteiger partial charge in [-0.2, -0.15) is 0 Å². The number of benzene rings is 6. The molecular formula is C36H26Cl2. The zero-order chi connectivity index (χ0) is 26.0. The van der Waals surface area contributed by atoms with E-state index in [1.807, 2.05) is 12.1 Å². The molecule has 2 heteroatoms. The van der Waals surface area contributed by atoms with Crippen molar-refractivity contribution in [2.75, 3.05) is 0 Å². The molecular weight excluding hydrogens is 503 g/mol. The van der Waals surface area contributed by atoms with Crippen LogP contribution in [0, 0.1) is 13.8 Å². The van der Waals surface area contributed by atoms with E-state index < -0.39 is 0 Å². The molecule has 0 radical (unpaired) electrons. The van der Waals surface area contributed by atoms with Crippen LogP contribution in [-0.4, -0.2) is 0 Å². The molecule has 6 aromatic rings. The Kier molecular flexibility index (Phi) is 5.58. The highest BCUT2D eigenvalue weighted by atomic mass is 35.5. The van der Waals surface area contributed by atoms with E-state index in [1.165, 1.54) is 77.2 Å². The van der Waals surface area contributed by atoms with Crippen molar-refractivity contribution in [3.63, 3.8) is 0 Å². The normalized spacial score (nSPS) is 12.5. The predicted octanol–water partition coefficient (Wildman–Crippen LogP) is 10.7. The van der Waals surface area contributed by atoms with Crippen molar-refractivity contribution in [1.82, 2.24) is 0 Å². The molecule has 2 aliphatic rings. The largest absolute Gasteiger partial charge is 0.0843 e. The van der Waals surface area contributed by atoms with Gasteiger partial charge >= 0.3 is 0 Å². The Morgan fingerprint density at radius 1 is 0.500 bits per heavy atom. The fourth-order valence-corrected chi connectivity index (χ4v) is 6.86. The molecule has 0 N–H and O–H groups in total. The van der Waals surface area contributed by atoms with Crippen molar-refractivity contribution >= 4 is 44.7 Å². The summed E-state index contributed by atoms with van der Waals surface area (Å²) < 4.78 is 0. The van der Waals surface area contributed by atoms with E-state index in [4.69, 9.17) is 23.2 Å². The van der Waals surface area contributed by atoms with Crippen LogP contribution in [0.3, 0.4) is 0 Å². The highest BCUT2D eigenvalue weighted by Gasteiger charge is 2.23. The lowest BCUT2D eigenvalue weighted by Crippen LogP contribution is -1.87. The van der Waals surface area contributed by atoms with Crippen molar-refractivity contribution < 1.29 is 0 Å². The lowest BCUT2D eigenvalue weighted by atomic mass is 9.95. The quantitative estimate of drug-likeness (QED) is 0.183. The third-order valence-corrected chi connectivity index (χ3v) is 8.60. The van der Waals surface area contributed by atoms with Gasteiger partial charge in [-0.3, -0.25) is 0 Å². The molecule has 184 valence electrons. The second-order valence-electron chi connectivity index (χ2n) is 10.5. The summed E-state index contributed by atoms with van der Waals surface area (Å²) in [5, 5.41) is 7.04. The lowest BCUT2D eigenvalue weighted by Gasteiger charge is -2.09. The molecule has 0 aromatic heterocycles. The Morgan fingerprint density at radius 2 is 0.921 bits per heavy atom. The first-order valence-corrected chi connectivity index (χ1v) is 13.8. The van der Waals surface area contributed by atoms with Gasteiger partial charge in [-0.1, -0.05) is 96.0 Å². The zero-order valence-electron chi connectivity index (χ0n) is 21.4. The molecule has 0 heterocycles. The molecule has 0 atom stereocenters. The monoisotopic (exact) mass is 528 g/mol. The van der Waals surface area contributed by atoms with Gasteiger partial charge in [0.25, 0.3) is 0 Å². The van der Waals surface area contributed by atoms with Gasteiger partial charge in [0, 0.05) is 10.0 Å². The van der Waals surface area contributed by atoms with Gasteiger partial charge < -0.3 is 0 Å². The summed E-state index contributed by atoms with van der Waals surface area (Å²) in [6.07, 6.45) is 2.04. The minimum absolute atomic E-state index is 0.819. The van der Waals surface area contributed by atoms with Gasteiger partial charge in [-0.05, 0) is 128 Å². The van der Waals surface area contributed by atoms with E-state index in [1.54, 1.807) is 0 Å². The molecule has 0 aliphatic heterocycles. The molecule has 2 aliphatic carbocycles. The number of halogens is 2. The van der Waals surface area contributed by atoms with Crippen molar-refractivity contribution in [3.8, 4) is 22.3 Å². The summed E-state index contributed by atoms with van der Waals surface area (Å²) in [4.78, 5) is 0. The zero-order valence-corrected chi connectivity index (χ0v) is 22.9. The third kappa shape index (κ3) is 3.75. The fraction of sp³-hybridized carbons (Fsp3) is 0.111. The first kappa shape index (κ1) is 23.5. The first-order valence-electron chi connectivity index (χ1n) is 13.1. The molecule has 6 aromatic carbocycles. The third-order valence-electron chi connectivity index (χ3n) is 8.13. The van der Waals surface area contributed by atoms with Gasteiger partial charge in [0.15, 0.2) is 0 Å². The molecule has 38 heavy (non-hydrogen) atoms. The standard InChI is InChI=1S/2C18H13Cl/c2*1-11-8-12-4-2-3-5-15(12)17-9-13-6-7-14(19)10-16(13)18(11)17/h2*2-8,10H,9H2,1H3. The van der Waals surface area contributed by atoms with E-state index in [0.29, 0.717) is 0 Å². The van der Waals surface area contributed by atoms with Crippen molar-refractivity contribution in [2.24, 2.45) is 0 Å². The Bertz CT molecular complexity index is 1770. The predicted molar refractivity (Wildman–Crippen MR) is 164 cm³/mol. The van der Waals surface area contributed by atoms with Gasteiger partial charge in [-0.25, -0.2) is 0 Å². The van der Waals surface area contributed by atoms with E-state index in [-0.39, 0.29) is 0 Å². The van der Waals surface area contributed by atoms with Gasteiger partial charge in [0.1, 0.15) is 0 Å². The van der Waals surface area contributed by atoms with Crippen LogP contribution in [0.25, 0.3) is 43.8 Å². The highest BCUT2D eigenvalue weighted by Crippen LogP contribution is 2.44. The number of fused-ring (bicyclic) bond motifs is 10. The molecule has 0 saturated carbocycles. The van der Waals surface area contributed by atoms with Gasteiger partial charge in [0.05, 0.1) is 0 Å². The minimum Gasteiger partial charge on any atom is -0.0843 e. The van der Waals surface area contributed by atoms with E-state index in [0.717, 1.165) is 22.9 Å². The lowest BCUT2D eigenvalue weighted by molar-refractivity contribution is 1.28. The van der Waals surface area contributed by atoms with E-state index in [2.05, 4.69) is 98.8 Å². The van der Waals surface area contributed by atoms with Gasteiger partial charge in [0.2, 0.25) is 0 Å². The summed E-state index contributed by atoms with van der Waals surface area (Å²) in [5.41, 5.74) is 13.8. The SMILES string of the molecule is Cc1cc2ccccc2c2c1-c1cc(Cl)ccc1C2.Cc1cc2ccccc2c2c1-c1cc(Cl)ccc1C2.